The molecule has 2 aromatic rings. The monoisotopic (exact) mass is 355 g/mol. The Morgan fingerprint density at radius 3 is 2.19 bits per heavy atom. The molecule has 0 aliphatic rings. The van der Waals surface area contributed by atoms with E-state index in [-0.39, 0.29) is 24.2 Å². The van der Waals surface area contributed by atoms with Gasteiger partial charge in [0, 0.05) is 6.42 Å². The highest BCUT2D eigenvalue weighted by atomic mass is 16.5. The zero-order valence-corrected chi connectivity index (χ0v) is 15.4. The predicted octanol–water partition coefficient (Wildman–Crippen LogP) is 4.34. The average Bonchev–Trinajstić information content (AvgIpc) is 2.67. The molecule has 2 atom stereocenters. The van der Waals surface area contributed by atoms with Gasteiger partial charge in [0.25, 0.3) is 0 Å². The molecular formula is C21H25NO4. The van der Waals surface area contributed by atoms with E-state index in [0.717, 1.165) is 16.2 Å². The molecule has 1 amide bonds. The summed E-state index contributed by atoms with van der Waals surface area (Å²) in [6, 6.07) is 16.0. The van der Waals surface area contributed by atoms with Crippen molar-refractivity contribution in [2.24, 2.45) is 0 Å². The number of nitrogens with zero attached hydrogens (tertiary/aromatic N) is 1. The second-order valence-electron chi connectivity index (χ2n) is 6.27. The maximum absolute atomic E-state index is 12.4. The Bertz CT molecular complexity index is 727. The van der Waals surface area contributed by atoms with Crippen LogP contribution < -0.4 is 0 Å². The molecule has 5 heteroatoms. The quantitative estimate of drug-likeness (QED) is 0.456. The molecule has 0 saturated heterocycles. The number of carbonyl (C=O) groups excluding carboxylic acids is 2. The minimum atomic E-state index is -0.415. The van der Waals surface area contributed by atoms with Crippen LogP contribution >= 0.6 is 0 Å². The highest BCUT2D eigenvalue weighted by Crippen LogP contribution is 2.24. The molecule has 0 saturated carbocycles. The van der Waals surface area contributed by atoms with Gasteiger partial charge >= 0.3 is 5.97 Å². The van der Waals surface area contributed by atoms with Crippen LogP contribution in [-0.2, 0) is 9.53 Å². The molecule has 0 aromatic heterocycles. The Morgan fingerprint density at radius 1 is 1.00 bits per heavy atom. The summed E-state index contributed by atoms with van der Waals surface area (Å²) in [7, 11) is 0. The standard InChI is InChI=1S/C21H25NO4/c1-4-26-21(24)19-12-10-17(11-13-19)15(2)14-20(23)22(25)16(3)18-8-6-5-7-9-18/h5-13,15-16,25H,4,14H2,1-3H3/t15-,16?/m1/s1. The van der Waals surface area contributed by atoms with Crippen molar-refractivity contribution >= 4 is 11.9 Å². The molecule has 2 rings (SSSR count). The van der Waals surface area contributed by atoms with E-state index in [2.05, 4.69) is 0 Å². The first-order valence-corrected chi connectivity index (χ1v) is 8.77. The number of hydroxylamine groups is 2. The Morgan fingerprint density at radius 2 is 1.62 bits per heavy atom. The molecular weight excluding hydrogens is 330 g/mol. The van der Waals surface area contributed by atoms with E-state index in [1.54, 1.807) is 26.0 Å². The zero-order valence-electron chi connectivity index (χ0n) is 15.4. The summed E-state index contributed by atoms with van der Waals surface area (Å²) in [5.74, 6) is -0.791. The minimum absolute atomic E-state index is 0.0867. The van der Waals surface area contributed by atoms with Gasteiger partial charge in [-0.3, -0.25) is 10.0 Å². The Kier molecular flexibility index (Phi) is 6.92. The fraction of sp³-hybridized carbons (Fsp3) is 0.333. The predicted molar refractivity (Wildman–Crippen MR) is 98.9 cm³/mol. The molecule has 0 fully saturated rings. The first-order valence-electron chi connectivity index (χ1n) is 8.77. The number of ether oxygens (including phenoxy) is 1. The van der Waals surface area contributed by atoms with Crippen molar-refractivity contribution in [3.05, 3.63) is 71.3 Å². The van der Waals surface area contributed by atoms with Gasteiger partial charge in [0.2, 0.25) is 5.91 Å². The molecule has 2 aromatic carbocycles. The Balaban J connectivity index is 1.98. The van der Waals surface area contributed by atoms with Gasteiger partial charge in [-0.15, -0.1) is 0 Å². The summed E-state index contributed by atoms with van der Waals surface area (Å²) >= 11 is 0. The first kappa shape index (κ1) is 19.7. The lowest BCUT2D eigenvalue weighted by Gasteiger charge is -2.24. The summed E-state index contributed by atoms with van der Waals surface area (Å²) in [6.07, 6.45) is 0.173. The topological polar surface area (TPSA) is 66.8 Å². The SMILES string of the molecule is CCOC(=O)c1ccc([C@H](C)CC(=O)N(O)C(C)c2ccccc2)cc1. The fourth-order valence-corrected chi connectivity index (χ4v) is 2.72. The third-order valence-corrected chi connectivity index (χ3v) is 4.38. The van der Waals surface area contributed by atoms with Gasteiger partial charge < -0.3 is 4.74 Å². The van der Waals surface area contributed by atoms with E-state index >= 15 is 0 Å². The summed E-state index contributed by atoms with van der Waals surface area (Å²) in [6.45, 7) is 5.79. The van der Waals surface area contributed by atoms with E-state index < -0.39 is 6.04 Å². The van der Waals surface area contributed by atoms with Crippen molar-refractivity contribution < 1.29 is 19.5 Å². The first-order chi connectivity index (χ1) is 12.4. The van der Waals surface area contributed by atoms with Gasteiger partial charge in [-0.2, -0.15) is 0 Å². The number of benzene rings is 2. The number of hydrogen-bond donors (Lipinski definition) is 1. The summed E-state index contributed by atoms with van der Waals surface area (Å²) in [5, 5.41) is 11.0. The maximum atomic E-state index is 12.4. The van der Waals surface area contributed by atoms with Crippen LogP contribution in [0.5, 0.6) is 0 Å². The molecule has 138 valence electrons. The van der Waals surface area contributed by atoms with Gasteiger partial charge in [-0.05, 0) is 43.0 Å². The molecule has 0 aliphatic carbocycles. The lowest BCUT2D eigenvalue weighted by molar-refractivity contribution is -0.175. The van der Waals surface area contributed by atoms with Crippen LogP contribution in [0.15, 0.2) is 54.6 Å². The lowest BCUT2D eigenvalue weighted by atomic mass is 9.96. The van der Waals surface area contributed by atoms with Gasteiger partial charge in [0.05, 0.1) is 18.2 Å². The molecule has 26 heavy (non-hydrogen) atoms. The lowest BCUT2D eigenvalue weighted by Crippen LogP contribution is -2.31. The number of hydrogen-bond acceptors (Lipinski definition) is 4. The highest BCUT2D eigenvalue weighted by molar-refractivity contribution is 5.89. The van der Waals surface area contributed by atoms with Crippen LogP contribution in [0.2, 0.25) is 0 Å². The normalized spacial score (nSPS) is 12.9. The van der Waals surface area contributed by atoms with Crippen molar-refractivity contribution in [3.63, 3.8) is 0 Å². The molecule has 5 nitrogen and oxygen atoms in total. The van der Waals surface area contributed by atoms with E-state index in [1.165, 1.54) is 0 Å². The second-order valence-corrected chi connectivity index (χ2v) is 6.27. The van der Waals surface area contributed by atoms with Gasteiger partial charge in [-0.25, -0.2) is 9.86 Å². The van der Waals surface area contributed by atoms with Gasteiger partial charge in [0.1, 0.15) is 0 Å². The maximum Gasteiger partial charge on any atom is 0.338 e. The third-order valence-electron chi connectivity index (χ3n) is 4.38. The van der Waals surface area contributed by atoms with E-state index in [9.17, 15) is 14.8 Å². The van der Waals surface area contributed by atoms with Gasteiger partial charge in [0.15, 0.2) is 0 Å². The number of amides is 1. The summed E-state index contributed by atoms with van der Waals surface area (Å²) < 4.78 is 4.96. The Labute approximate surface area is 154 Å². The number of carbonyl (C=O) groups is 2. The molecule has 0 heterocycles. The summed E-state index contributed by atoms with van der Waals surface area (Å²) in [4.78, 5) is 24.1. The third kappa shape index (κ3) is 4.92. The zero-order chi connectivity index (χ0) is 19.1. The van der Waals surface area contributed by atoms with E-state index in [4.69, 9.17) is 4.74 Å². The molecule has 0 bridgehead atoms. The van der Waals surface area contributed by atoms with E-state index in [0.29, 0.717) is 12.2 Å². The molecule has 1 unspecified atom stereocenters. The summed E-state index contributed by atoms with van der Waals surface area (Å²) in [5.41, 5.74) is 2.28. The van der Waals surface area contributed by atoms with Crippen LogP contribution in [0.1, 0.15) is 60.6 Å². The van der Waals surface area contributed by atoms with Crippen molar-refractivity contribution in [2.75, 3.05) is 6.61 Å². The molecule has 0 aliphatic heterocycles. The Hall–Kier alpha value is -2.66. The second kappa shape index (κ2) is 9.15. The largest absolute Gasteiger partial charge is 0.462 e. The average molecular weight is 355 g/mol. The van der Waals surface area contributed by atoms with Crippen LogP contribution in [0.25, 0.3) is 0 Å². The smallest absolute Gasteiger partial charge is 0.338 e. The van der Waals surface area contributed by atoms with E-state index in [1.807, 2.05) is 49.4 Å². The number of rotatable bonds is 7. The van der Waals surface area contributed by atoms with Crippen LogP contribution in [-0.4, -0.2) is 28.8 Å². The van der Waals surface area contributed by atoms with Crippen molar-refractivity contribution in [1.82, 2.24) is 5.06 Å². The van der Waals surface area contributed by atoms with Crippen molar-refractivity contribution in [3.8, 4) is 0 Å². The van der Waals surface area contributed by atoms with Crippen LogP contribution in [0, 0.1) is 0 Å². The molecule has 0 radical (unpaired) electrons. The van der Waals surface area contributed by atoms with Crippen molar-refractivity contribution in [2.45, 2.75) is 39.2 Å². The molecule has 1 N–H and O–H groups in total. The molecule has 0 spiro atoms. The van der Waals surface area contributed by atoms with Gasteiger partial charge in [-0.1, -0.05) is 49.4 Å². The van der Waals surface area contributed by atoms with Crippen molar-refractivity contribution in [1.29, 1.82) is 0 Å². The number of esters is 1. The van der Waals surface area contributed by atoms with Crippen LogP contribution in [0.4, 0.5) is 0 Å². The van der Waals surface area contributed by atoms with Crippen LogP contribution in [0.3, 0.4) is 0 Å². The highest BCUT2D eigenvalue weighted by Gasteiger charge is 2.22. The fourth-order valence-electron chi connectivity index (χ4n) is 2.72. The minimum Gasteiger partial charge on any atom is -0.462 e.